The van der Waals surface area contributed by atoms with E-state index in [4.69, 9.17) is 4.42 Å². The summed E-state index contributed by atoms with van der Waals surface area (Å²) in [5.41, 5.74) is 18.0. The van der Waals surface area contributed by atoms with E-state index in [1.54, 1.807) is 0 Å². The fourth-order valence-corrected chi connectivity index (χ4v) is 9.66. The number of fused-ring (bicyclic) bond motifs is 17. The zero-order valence-corrected chi connectivity index (χ0v) is 27.6. The third-order valence-corrected chi connectivity index (χ3v) is 11.6. The predicted molar refractivity (Wildman–Crippen MR) is 210 cm³/mol. The normalized spacial score (nSPS) is 13.6. The molecule has 236 valence electrons. The van der Waals surface area contributed by atoms with E-state index in [1.807, 2.05) is 12.1 Å². The van der Waals surface area contributed by atoms with Crippen molar-refractivity contribution in [3.63, 3.8) is 0 Å². The zero-order chi connectivity index (χ0) is 33.3. The molecule has 2 heteroatoms. The average Bonchev–Trinajstić information content (AvgIpc) is 3.92. The van der Waals surface area contributed by atoms with Crippen molar-refractivity contribution < 1.29 is 4.42 Å². The van der Waals surface area contributed by atoms with Gasteiger partial charge in [-0.1, -0.05) is 152 Å². The Morgan fingerprint density at radius 3 is 1.75 bits per heavy atom. The molecule has 2 aliphatic carbocycles. The van der Waals surface area contributed by atoms with Gasteiger partial charge in [0.15, 0.2) is 0 Å². The average molecular weight is 648 g/mol. The Labute approximate surface area is 294 Å². The van der Waals surface area contributed by atoms with Crippen LogP contribution in [-0.2, 0) is 5.41 Å². The minimum atomic E-state index is -0.385. The van der Waals surface area contributed by atoms with Crippen LogP contribution < -0.4 is 0 Å². The molecule has 0 amide bonds. The third kappa shape index (κ3) is 3.32. The molecule has 2 aliphatic rings. The van der Waals surface area contributed by atoms with E-state index in [0.29, 0.717) is 0 Å². The second kappa shape index (κ2) is 9.74. The minimum Gasteiger partial charge on any atom is -0.455 e. The molecular weight excluding hydrogens is 619 g/mol. The van der Waals surface area contributed by atoms with Crippen molar-refractivity contribution in [3.05, 3.63) is 198 Å². The molecule has 0 fully saturated rings. The molecule has 0 N–H and O–H groups in total. The highest BCUT2D eigenvalue weighted by molar-refractivity contribution is 6.17. The van der Waals surface area contributed by atoms with Crippen molar-refractivity contribution in [3.8, 4) is 39.1 Å². The molecule has 2 aromatic heterocycles. The Bertz CT molecular complexity index is 3040. The Balaban J connectivity index is 1.14. The van der Waals surface area contributed by atoms with Crippen LogP contribution in [0.15, 0.2) is 180 Å². The highest BCUT2D eigenvalue weighted by atomic mass is 16.3. The first-order valence-corrected chi connectivity index (χ1v) is 17.7. The van der Waals surface area contributed by atoms with Crippen molar-refractivity contribution in [1.82, 2.24) is 4.57 Å². The summed E-state index contributed by atoms with van der Waals surface area (Å²) in [5.74, 6) is 0. The molecule has 8 aromatic carbocycles. The standard InChI is InChI=1S/C49H29NO/c1-6-19-40-33(12-1)34-13-2-7-20-41(34)49(40)42-21-8-3-16-39(42)46-43(49)29-28-37-35-14-4-9-22-44(35)50(47(37)46)31-26-24-30(25-27-31)32-17-11-18-38-36-15-5-10-23-45(36)51-48(32)38/h1-29H. The summed E-state index contributed by atoms with van der Waals surface area (Å²) in [6.07, 6.45) is 0. The predicted octanol–water partition coefficient (Wildman–Crippen LogP) is 12.7. The molecule has 10 aromatic rings. The number of rotatable bonds is 2. The van der Waals surface area contributed by atoms with Gasteiger partial charge < -0.3 is 8.98 Å². The SMILES string of the molecule is c1ccc2c(c1)-c1ccccc1C21c2ccccc2-c2c1ccc1c3ccccc3n(-c3ccc(-c4cccc5c4oc4ccccc45)cc3)c21. The summed E-state index contributed by atoms with van der Waals surface area (Å²) in [7, 11) is 0. The fourth-order valence-electron chi connectivity index (χ4n) is 9.66. The van der Waals surface area contributed by atoms with Crippen molar-refractivity contribution in [1.29, 1.82) is 0 Å². The Morgan fingerprint density at radius 1 is 0.392 bits per heavy atom. The van der Waals surface area contributed by atoms with Gasteiger partial charge >= 0.3 is 0 Å². The Morgan fingerprint density at radius 2 is 0.980 bits per heavy atom. The molecule has 0 saturated carbocycles. The zero-order valence-electron chi connectivity index (χ0n) is 27.6. The molecule has 0 aliphatic heterocycles. The smallest absolute Gasteiger partial charge is 0.143 e. The minimum absolute atomic E-state index is 0.385. The maximum absolute atomic E-state index is 6.43. The largest absolute Gasteiger partial charge is 0.455 e. The van der Waals surface area contributed by atoms with Crippen molar-refractivity contribution >= 4 is 43.7 Å². The summed E-state index contributed by atoms with van der Waals surface area (Å²) in [5, 5.41) is 4.83. The van der Waals surface area contributed by atoms with Gasteiger partial charge in [0.05, 0.1) is 16.4 Å². The Kier molecular flexibility index (Phi) is 5.20. The van der Waals surface area contributed by atoms with Crippen LogP contribution >= 0.6 is 0 Å². The van der Waals surface area contributed by atoms with Crippen LogP contribution in [0.25, 0.3) is 82.8 Å². The molecule has 0 bridgehead atoms. The van der Waals surface area contributed by atoms with Gasteiger partial charge in [-0.2, -0.15) is 0 Å². The molecule has 2 heterocycles. The van der Waals surface area contributed by atoms with Crippen LogP contribution in [0, 0.1) is 0 Å². The van der Waals surface area contributed by atoms with E-state index in [2.05, 4.69) is 168 Å². The van der Waals surface area contributed by atoms with Gasteiger partial charge in [-0.3, -0.25) is 0 Å². The number of nitrogens with zero attached hydrogens (tertiary/aromatic N) is 1. The van der Waals surface area contributed by atoms with Gasteiger partial charge in [-0.05, 0) is 68.8 Å². The first kappa shape index (κ1) is 27.2. The molecule has 0 atom stereocenters. The van der Waals surface area contributed by atoms with Crippen molar-refractivity contribution in [2.75, 3.05) is 0 Å². The number of benzene rings is 8. The Hall–Kier alpha value is -6.64. The van der Waals surface area contributed by atoms with Crippen molar-refractivity contribution in [2.24, 2.45) is 0 Å². The topological polar surface area (TPSA) is 18.1 Å². The van der Waals surface area contributed by atoms with E-state index in [-0.39, 0.29) is 5.41 Å². The molecular formula is C49H29NO. The third-order valence-electron chi connectivity index (χ3n) is 11.6. The highest BCUT2D eigenvalue weighted by Gasteiger charge is 2.52. The first-order valence-electron chi connectivity index (χ1n) is 17.7. The second-order valence-electron chi connectivity index (χ2n) is 14.0. The maximum atomic E-state index is 6.43. The number of hydrogen-bond donors (Lipinski definition) is 0. The van der Waals surface area contributed by atoms with E-state index in [9.17, 15) is 0 Å². The van der Waals surface area contributed by atoms with Crippen LogP contribution in [0.5, 0.6) is 0 Å². The molecule has 51 heavy (non-hydrogen) atoms. The van der Waals surface area contributed by atoms with Crippen LogP contribution in [0.3, 0.4) is 0 Å². The highest BCUT2D eigenvalue weighted by Crippen LogP contribution is 2.64. The number of para-hydroxylation sites is 3. The quantitative estimate of drug-likeness (QED) is 0.183. The van der Waals surface area contributed by atoms with Crippen LogP contribution in [0.4, 0.5) is 0 Å². The van der Waals surface area contributed by atoms with E-state index < -0.39 is 0 Å². The van der Waals surface area contributed by atoms with E-state index in [0.717, 1.165) is 38.8 Å². The second-order valence-corrected chi connectivity index (χ2v) is 14.0. The summed E-state index contributed by atoms with van der Waals surface area (Å²) >= 11 is 0. The lowest BCUT2D eigenvalue weighted by Gasteiger charge is -2.30. The van der Waals surface area contributed by atoms with Crippen LogP contribution in [0.1, 0.15) is 22.3 Å². The van der Waals surface area contributed by atoms with Gasteiger partial charge in [-0.25, -0.2) is 0 Å². The fraction of sp³-hybridized carbons (Fsp3) is 0.0204. The molecule has 0 saturated heterocycles. The number of furan rings is 1. The first-order chi connectivity index (χ1) is 25.3. The molecule has 2 nitrogen and oxygen atoms in total. The molecule has 12 rings (SSSR count). The van der Waals surface area contributed by atoms with Gasteiger partial charge in [0.25, 0.3) is 0 Å². The summed E-state index contributed by atoms with van der Waals surface area (Å²) in [6.45, 7) is 0. The van der Waals surface area contributed by atoms with Crippen LogP contribution in [0.2, 0.25) is 0 Å². The summed E-state index contributed by atoms with van der Waals surface area (Å²) < 4.78 is 8.93. The molecule has 1 spiro atoms. The van der Waals surface area contributed by atoms with E-state index in [1.165, 1.54) is 66.3 Å². The lowest BCUT2D eigenvalue weighted by molar-refractivity contribution is 0.670. The van der Waals surface area contributed by atoms with Gasteiger partial charge in [0.2, 0.25) is 0 Å². The van der Waals surface area contributed by atoms with E-state index >= 15 is 0 Å². The molecule has 0 radical (unpaired) electrons. The molecule has 0 unspecified atom stereocenters. The van der Waals surface area contributed by atoms with Crippen molar-refractivity contribution in [2.45, 2.75) is 5.41 Å². The van der Waals surface area contributed by atoms with Crippen LogP contribution in [-0.4, -0.2) is 4.57 Å². The summed E-state index contributed by atoms with van der Waals surface area (Å²) in [6, 6.07) is 64.6. The van der Waals surface area contributed by atoms with Gasteiger partial charge in [-0.15, -0.1) is 0 Å². The lowest BCUT2D eigenvalue weighted by atomic mass is 9.70. The lowest BCUT2D eigenvalue weighted by Crippen LogP contribution is -2.25. The van der Waals surface area contributed by atoms with Gasteiger partial charge in [0, 0.05) is 38.4 Å². The maximum Gasteiger partial charge on any atom is 0.143 e. The monoisotopic (exact) mass is 647 g/mol. The number of aromatic nitrogens is 1. The summed E-state index contributed by atoms with van der Waals surface area (Å²) in [4.78, 5) is 0. The van der Waals surface area contributed by atoms with Gasteiger partial charge in [0.1, 0.15) is 11.2 Å². The number of hydrogen-bond acceptors (Lipinski definition) is 1.